The number of benzene rings is 3. The van der Waals surface area contributed by atoms with Crippen LogP contribution >= 0.6 is 23.2 Å². The molecule has 4 rings (SSSR count). The molecule has 3 aromatic carbocycles. The number of halogens is 2. The molecule has 1 aromatic heterocycles. The van der Waals surface area contributed by atoms with Crippen molar-refractivity contribution in [1.82, 2.24) is 15.3 Å². The lowest BCUT2D eigenvalue weighted by atomic mass is 10.0. The van der Waals surface area contributed by atoms with E-state index in [9.17, 15) is 24.5 Å². The molecule has 0 fully saturated rings. The molecule has 11 nitrogen and oxygen atoms in total. The van der Waals surface area contributed by atoms with Gasteiger partial charge in [0.15, 0.2) is 0 Å². The molecule has 0 bridgehead atoms. The third kappa shape index (κ3) is 5.90. The molecule has 1 heterocycles. The number of aromatic nitrogens is 2. The molecule has 13 heteroatoms. The number of non-ortho nitro benzene ring substituents is 1. The van der Waals surface area contributed by atoms with Crippen molar-refractivity contribution < 1.29 is 19.2 Å². The monoisotopic (exact) mass is 555 g/mol. The molecule has 1 amide bonds. The fraction of sp³-hybridized carbons (Fsp3) is 0.120. The normalized spacial score (nSPS) is 11.6. The standard InChI is InChI=1S/C25H19Cl2N5O6/c1-38-24(35)20(9-13-5-3-2-4-6-13)29-22(33)16-11-15(32(36)37)12-17-21(16)30-25(31-23(17)34)28-14-7-8-18(26)19(27)10-14/h2-8,10-12,20H,9H2,1H3,(H,29,33)(H2,28,30,31,34)/t20-/m1/s1. The Bertz CT molecular complexity index is 1610. The third-order valence-corrected chi connectivity index (χ3v) is 6.25. The molecule has 0 unspecified atom stereocenters. The number of H-pyrrole nitrogens is 1. The summed E-state index contributed by atoms with van der Waals surface area (Å²) in [6, 6.07) is 14.4. The van der Waals surface area contributed by atoms with Gasteiger partial charge in [-0.25, -0.2) is 9.78 Å². The lowest BCUT2D eigenvalue weighted by Gasteiger charge is -2.17. The molecular weight excluding hydrogens is 537 g/mol. The number of carbonyl (C=O) groups is 2. The van der Waals surface area contributed by atoms with Gasteiger partial charge in [0.25, 0.3) is 17.2 Å². The number of nitrogens with zero attached hydrogens (tertiary/aromatic N) is 2. The van der Waals surface area contributed by atoms with Crippen LogP contribution in [-0.4, -0.2) is 39.9 Å². The van der Waals surface area contributed by atoms with E-state index in [0.717, 1.165) is 17.7 Å². The van der Waals surface area contributed by atoms with Gasteiger partial charge in [0.2, 0.25) is 5.95 Å². The summed E-state index contributed by atoms with van der Waals surface area (Å²) in [7, 11) is 1.18. The number of hydrogen-bond donors (Lipinski definition) is 3. The first kappa shape index (κ1) is 26.6. The van der Waals surface area contributed by atoms with Crippen LogP contribution in [-0.2, 0) is 16.0 Å². The third-order valence-electron chi connectivity index (χ3n) is 5.51. The van der Waals surface area contributed by atoms with Gasteiger partial charge in [-0.3, -0.25) is 24.7 Å². The predicted molar refractivity (Wildman–Crippen MR) is 142 cm³/mol. The molecular formula is C25H19Cl2N5O6. The van der Waals surface area contributed by atoms with Gasteiger partial charge in [-0.2, -0.15) is 0 Å². The summed E-state index contributed by atoms with van der Waals surface area (Å²) >= 11 is 12.0. The number of methoxy groups -OCH3 is 1. The number of ether oxygens (including phenoxy) is 1. The van der Waals surface area contributed by atoms with Crippen LogP contribution in [0.25, 0.3) is 10.9 Å². The van der Waals surface area contributed by atoms with Crippen LogP contribution in [0.2, 0.25) is 10.0 Å². The fourth-order valence-corrected chi connectivity index (χ4v) is 4.00. The fourth-order valence-electron chi connectivity index (χ4n) is 3.70. The molecule has 0 spiro atoms. The van der Waals surface area contributed by atoms with E-state index in [1.54, 1.807) is 36.4 Å². The molecule has 1 atom stereocenters. The molecule has 0 aliphatic rings. The van der Waals surface area contributed by atoms with Crippen molar-refractivity contribution >= 4 is 63.3 Å². The number of amides is 1. The van der Waals surface area contributed by atoms with E-state index >= 15 is 0 Å². The number of fused-ring (bicyclic) bond motifs is 1. The van der Waals surface area contributed by atoms with Gasteiger partial charge in [0, 0.05) is 24.2 Å². The molecule has 0 radical (unpaired) electrons. The zero-order valence-electron chi connectivity index (χ0n) is 19.7. The Hall–Kier alpha value is -4.48. The first-order valence-corrected chi connectivity index (χ1v) is 11.8. The summed E-state index contributed by atoms with van der Waals surface area (Å²) in [5, 5.41) is 17.3. The summed E-state index contributed by atoms with van der Waals surface area (Å²) in [5.74, 6) is -1.63. The molecule has 0 aliphatic carbocycles. The van der Waals surface area contributed by atoms with E-state index in [1.807, 2.05) is 0 Å². The Morgan fingerprint density at radius 1 is 1.11 bits per heavy atom. The van der Waals surface area contributed by atoms with Crippen molar-refractivity contribution in [2.45, 2.75) is 12.5 Å². The number of anilines is 2. The number of nitrogens with one attached hydrogen (secondary N) is 3. The Labute approximate surface area is 224 Å². The van der Waals surface area contributed by atoms with Crippen LogP contribution in [0, 0.1) is 10.1 Å². The van der Waals surface area contributed by atoms with Crippen LogP contribution in [0.3, 0.4) is 0 Å². The number of hydrogen-bond acceptors (Lipinski definition) is 8. The van der Waals surface area contributed by atoms with E-state index in [0.29, 0.717) is 10.7 Å². The van der Waals surface area contributed by atoms with Crippen molar-refractivity contribution in [2.24, 2.45) is 0 Å². The summed E-state index contributed by atoms with van der Waals surface area (Å²) in [4.78, 5) is 56.3. The van der Waals surface area contributed by atoms with Crippen LogP contribution < -0.4 is 16.2 Å². The maximum Gasteiger partial charge on any atom is 0.328 e. The van der Waals surface area contributed by atoms with Gasteiger partial charge in [0.05, 0.1) is 38.5 Å². The molecule has 194 valence electrons. The summed E-state index contributed by atoms with van der Waals surface area (Å²) < 4.78 is 4.83. The average molecular weight is 556 g/mol. The van der Waals surface area contributed by atoms with Crippen molar-refractivity contribution in [3.05, 3.63) is 102 Å². The average Bonchev–Trinajstić information content (AvgIpc) is 2.90. The second-order valence-corrected chi connectivity index (χ2v) is 8.87. The summed E-state index contributed by atoms with van der Waals surface area (Å²) in [6.07, 6.45) is 0.101. The first-order valence-electron chi connectivity index (χ1n) is 11.0. The van der Waals surface area contributed by atoms with Crippen LogP contribution in [0.4, 0.5) is 17.3 Å². The quantitative estimate of drug-likeness (QED) is 0.164. The van der Waals surface area contributed by atoms with Crippen molar-refractivity contribution in [2.75, 3.05) is 12.4 Å². The first-order chi connectivity index (χ1) is 18.2. The van der Waals surface area contributed by atoms with Gasteiger partial charge in [0.1, 0.15) is 6.04 Å². The number of carbonyl (C=O) groups excluding carboxylic acids is 2. The van der Waals surface area contributed by atoms with Crippen LogP contribution in [0.15, 0.2) is 65.5 Å². The topological polar surface area (TPSA) is 156 Å². The minimum atomic E-state index is -1.11. The SMILES string of the molecule is COC(=O)[C@@H](Cc1ccccc1)NC(=O)c1cc([N+](=O)[O-])cc2c(=O)[nH]c(Nc3ccc(Cl)c(Cl)c3)nc12. The second kappa shape index (κ2) is 11.3. The summed E-state index contributed by atoms with van der Waals surface area (Å²) in [5.41, 5.74) is -0.456. The van der Waals surface area contributed by atoms with Crippen molar-refractivity contribution in [3.63, 3.8) is 0 Å². The Kier molecular flexibility index (Phi) is 7.89. The Morgan fingerprint density at radius 3 is 2.50 bits per heavy atom. The van der Waals surface area contributed by atoms with Crippen molar-refractivity contribution in [1.29, 1.82) is 0 Å². The van der Waals surface area contributed by atoms with E-state index in [2.05, 4.69) is 20.6 Å². The molecule has 0 saturated carbocycles. The number of rotatable bonds is 8. The maximum absolute atomic E-state index is 13.4. The number of nitro groups is 1. The van der Waals surface area contributed by atoms with E-state index < -0.39 is 34.1 Å². The second-order valence-electron chi connectivity index (χ2n) is 8.05. The molecule has 3 N–H and O–H groups in total. The lowest BCUT2D eigenvalue weighted by Crippen LogP contribution is -2.43. The minimum Gasteiger partial charge on any atom is -0.467 e. The largest absolute Gasteiger partial charge is 0.467 e. The zero-order valence-corrected chi connectivity index (χ0v) is 21.2. The lowest BCUT2D eigenvalue weighted by molar-refractivity contribution is -0.384. The van der Waals surface area contributed by atoms with Crippen LogP contribution in [0.1, 0.15) is 15.9 Å². The highest BCUT2D eigenvalue weighted by Gasteiger charge is 2.26. The molecule has 38 heavy (non-hydrogen) atoms. The smallest absolute Gasteiger partial charge is 0.328 e. The molecule has 0 aliphatic heterocycles. The molecule has 4 aromatic rings. The van der Waals surface area contributed by atoms with Gasteiger partial charge in [-0.15, -0.1) is 0 Å². The number of esters is 1. The molecule has 0 saturated heterocycles. The van der Waals surface area contributed by atoms with E-state index in [1.165, 1.54) is 19.2 Å². The number of nitro benzene ring substituents is 1. The highest BCUT2D eigenvalue weighted by atomic mass is 35.5. The Morgan fingerprint density at radius 2 is 1.84 bits per heavy atom. The van der Waals surface area contributed by atoms with Gasteiger partial charge >= 0.3 is 5.97 Å². The minimum absolute atomic E-state index is 0.0578. The van der Waals surface area contributed by atoms with Crippen molar-refractivity contribution in [3.8, 4) is 0 Å². The van der Waals surface area contributed by atoms with Gasteiger partial charge in [-0.1, -0.05) is 53.5 Å². The van der Waals surface area contributed by atoms with Gasteiger partial charge < -0.3 is 15.4 Å². The number of aromatic amines is 1. The zero-order chi connectivity index (χ0) is 27.4. The van der Waals surface area contributed by atoms with E-state index in [4.69, 9.17) is 27.9 Å². The van der Waals surface area contributed by atoms with E-state index in [-0.39, 0.29) is 33.9 Å². The highest BCUT2D eigenvalue weighted by Crippen LogP contribution is 2.27. The summed E-state index contributed by atoms with van der Waals surface area (Å²) in [6.45, 7) is 0. The highest BCUT2D eigenvalue weighted by molar-refractivity contribution is 6.42. The van der Waals surface area contributed by atoms with Gasteiger partial charge in [-0.05, 0) is 23.8 Å². The predicted octanol–water partition coefficient (Wildman–Crippen LogP) is 4.40. The Balaban J connectivity index is 1.76. The van der Waals surface area contributed by atoms with Crippen LogP contribution in [0.5, 0.6) is 0 Å². The maximum atomic E-state index is 13.4.